The molecular weight excluding hydrogens is 445 g/mol. The first-order valence-electron chi connectivity index (χ1n) is 11.4. The van der Waals surface area contributed by atoms with Crippen molar-refractivity contribution in [1.82, 2.24) is 15.1 Å². The smallest absolute Gasteiger partial charge is 0.317 e. The van der Waals surface area contributed by atoms with E-state index in [9.17, 15) is 14.0 Å². The van der Waals surface area contributed by atoms with Crippen molar-refractivity contribution in [3.8, 4) is 5.75 Å². The molecule has 3 heterocycles. The number of carbonyl (C=O) groups is 2. The first kappa shape index (κ1) is 23.5. The van der Waals surface area contributed by atoms with Crippen molar-refractivity contribution in [2.24, 2.45) is 0 Å². The molecule has 0 spiro atoms. The second-order valence-electron chi connectivity index (χ2n) is 8.27. The molecule has 2 aliphatic heterocycles. The summed E-state index contributed by atoms with van der Waals surface area (Å²) in [4.78, 5) is 30.7. The highest BCUT2D eigenvalue weighted by Crippen LogP contribution is 2.34. The lowest BCUT2D eigenvalue weighted by molar-refractivity contribution is -0.135. The van der Waals surface area contributed by atoms with Crippen LogP contribution in [0.25, 0.3) is 0 Å². The van der Waals surface area contributed by atoms with Gasteiger partial charge < -0.3 is 24.6 Å². The number of nitrogens with one attached hydrogen (secondary N) is 1. The van der Waals surface area contributed by atoms with Gasteiger partial charge in [-0.1, -0.05) is 0 Å². The molecular formula is C24H30FN3O4S. The summed E-state index contributed by atoms with van der Waals surface area (Å²) in [5.41, 5.74) is 1.07. The van der Waals surface area contributed by atoms with Crippen LogP contribution < -0.4 is 10.1 Å². The number of ether oxygens (including phenoxy) is 2. The average Bonchev–Trinajstić information content (AvgIpc) is 3.50. The molecule has 0 radical (unpaired) electrons. The van der Waals surface area contributed by atoms with E-state index in [4.69, 9.17) is 9.47 Å². The van der Waals surface area contributed by atoms with Gasteiger partial charge in [-0.05, 0) is 67.5 Å². The molecule has 9 heteroatoms. The van der Waals surface area contributed by atoms with Crippen molar-refractivity contribution < 1.29 is 23.5 Å². The number of urea groups is 1. The molecule has 1 saturated heterocycles. The molecule has 2 aliphatic rings. The van der Waals surface area contributed by atoms with Crippen LogP contribution in [0.5, 0.6) is 5.75 Å². The van der Waals surface area contributed by atoms with Crippen LogP contribution in [0.15, 0.2) is 35.7 Å². The summed E-state index contributed by atoms with van der Waals surface area (Å²) in [5, 5.41) is 4.84. The third-order valence-electron chi connectivity index (χ3n) is 6.03. The van der Waals surface area contributed by atoms with E-state index in [1.807, 2.05) is 18.4 Å². The highest BCUT2D eigenvalue weighted by atomic mass is 32.1. The van der Waals surface area contributed by atoms with Crippen molar-refractivity contribution >= 4 is 23.3 Å². The lowest BCUT2D eigenvalue weighted by Crippen LogP contribution is -2.51. The number of rotatable bonds is 8. The Kier molecular flexibility index (Phi) is 7.82. The van der Waals surface area contributed by atoms with E-state index in [0.717, 1.165) is 24.8 Å². The van der Waals surface area contributed by atoms with Crippen LogP contribution in [0, 0.1) is 5.82 Å². The minimum Gasteiger partial charge on any atom is -0.491 e. The first-order chi connectivity index (χ1) is 16.0. The third kappa shape index (κ3) is 5.83. The van der Waals surface area contributed by atoms with Crippen molar-refractivity contribution in [2.75, 3.05) is 39.4 Å². The topological polar surface area (TPSA) is 71.1 Å². The van der Waals surface area contributed by atoms with Crippen molar-refractivity contribution in [3.05, 3.63) is 52.0 Å². The van der Waals surface area contributed by atoms with E-state index in [1.54, 1.807) is 33.3 Å². The van der Waals surface area contributed by atoms with Gasteiger partial charge in [-0.2, -0.15) is 0 Å². The largest absolute Gasteiger partial charge is 0.491 e. The quantitative estimate of drug-likeness (QED) is 0.633. The number of amides is 3. The number of thiophene rings is 1. The Morgan fingerprint density at radius 1 is 1.30 bits per heavy atom. The third-order valence-corrected chi connectivity index (χ3v) is 7.02. The van der Waals surface area contributed by atoms with Crippen LogP contribution in [-0.4, -0.2) is 67.2 Å². The molecule has 0 saturated carbocycles. The Bertz CT molecular complexity index is 945. The van der Waals surface area contributed by atoms with Gasteiger partial charge in [0.25, 0.3) is 0 Å². The van der Waals surface area contributed by atoms with Crippen LogP contribution in [0.2, 0.25) is 0 Å². The minimum atomic E-state index is -0.325. The monoisotopic (exact) mass is 475 g/mol. The molecule has 1 aromatic heterocycles. The van der Waals surface area contributed by atoms with Gasteiger partial charge in [-0.3, -0.25) is 4.79 Å². The van der Waals surface area contributed by atoms with Gasteiger partial charge in [0, 0.05) is 31.1 Å². The molecule has 2 atom stereocenters. The number of halogens is 1. The predicted octanol–water partition coefficient (Wildman–Crippen LogP) is 3.60. The number of benzene rings is 1. The molecule has 0 unspecified atom stereocenters. The summed E-state index contributed by atoms with van der Waals surface area (Å²) < 4.78 is 24.9. The van der Waals surface area contributed by atoms with E-state index in [0.29, 0.717) is 32.0 Å². The van der Waals surface area contributed by atoms with Crippen LogP contribution in [0.1, 0.15) is 36.2 Å². The van der Waals surface area contributed by atoms with Crippen molar-refractivity contribution in [2.45, 2.75) is 38.3 Å². The second-order valence-corrected chi connectivity index (χ2v) is 9.27. The molecule has 178 valence electrons. The van der Waals surface area contributed by atoms with E-state index in [2.05, 4.69) is 5.32 Å². The van der Waals surface area contributed by atoms with Crippen molar-refractivity contribution in [1.29, 1.82) is 0 Å². The molecule has 1 N–H and O–H groups in total. The summed E-state index contributed by atoms with van der Waals surface area (Å²) in [6.07, 6.45) is 2.60. The minimum absolute atomic E-state index is 0.0157. The average molecular weight is 476 g/mol. The van der Waals surface area contributed by atoms with Gasteiger partial charge in [0.05, 0.1) is 12.1 Å². The Morgan fingerprint density at radius 2 is 2.12 bits per heavy atom. The Morgan fingerprint density at radius 3 is 2.85 bits per heavy atom. The van der Waals surface area contributed by atoms with Gasteiger partial charge in [-0.25, -0.2) is 9.18 Å². The van der Waals surface area contributed by atoms with E-state index < -0.39 is 0 Å². The predicted molar refractivity (Wildman–Crippen MR) is 124 cm³/mol. The molecule has 4 rings (SSSR count). The summed E-state index contributed by atoms with van der Waals surface area (Å²) in [6.45, 7) is 4.24. The molecule has 1 aromatic carbocycles. The maximum absolute atomic E-state index is 13.5. The number of nitrogens with zero attached hydrogens (tertiary/aromatic N) is 2. The fourth-order valence-electron chi connectivity index (χ4n) is 4.35. The SMILES string of the molecule is CCNC(=O)N(CC(=O)N1CCc2sccc2[C@@H]1COc1ccc(F)cc1)C[C@H]1CCCO1. The number of hydrogen-bond acceptors (Lipinski definition) is 5. The first-order valence-corrected chi connectivity index (χ1v) is 12.3. The van der Waals surface area contributed by atoms with Gasteiger partial charge >= 0.3 is 6.03 Å². The van der Waals surface area contributed by atoms with Crippen LogP contribution in [-0.2, 0) is 16.0 Å². The lowest BCUT2D eigenvalue weighted by atomic mass is 10.0. The Balaban J connectivity index is 1.48. The molecule has 33 heavy (non-hydrogen) atoms. The summed E-state index contributed by atoms with van der Waals surface area (Å²) >= 11 is 1.68. The fraction of sp³-hybridized carbons (Fsp3) is 0.500. The van der Waals surface area contributed by atoms with E-state index >= 15 is 0 Å². The van der Waals surface area contributed by atoms with E-state index in [1.165, 1.54) is 17.0 Å². The Hall–Kier alpha value is -2.65. The molecule has 3 amide bonds. The van der Waals surface area contributed by atoms with Crippen molar-refractivity contribution in [3.63, 3.8) is 0 Å². The van der Waals surface area contributed by atoms with Gasteiger partial charge in [0.2, 0.25) is 5.91 Å². The van der Waals surface area contributed by atoms with Gasteiger partial charge in [-0.15, -0.1) is 11.3 Å². The summed E-state index contributed by atoms with van der Waals surface area (Å²) in [5.74, 6) is 0.103. The maximum atomic E-state index is 13.5. The highest BCUT2D eigenvalue weighted by Gasteiger charge is 2.34. The van der Waals surface area contributed by atoms with Crippen LogP contribution >= 0.6 is 11.3 Å². The highest BCUT2D eigenvalue weighted by molar-refractivity contribution is 7.10. The number of fused-ring (bicyclic) bond motifs is 1. The zero-order chi connectivity index (χ0) is 23.2. The number of hydrogen-bond donors (Lipinski definition) is 1. The molecule has 7 nitrogen and oxygen atoms in total. The van der Waals surface area contributed by atoms with Gasteiger partial charge in [0.15, 0.2) is 0 Å². The van der Waals surface area contributed by atoms with E-state index in [-0.39, 0.29) is 43.1 Å². The zero-order valence-corrected chi connectivity index (χ0v) is 19.6. The second kappa shape index (κ2) is 11.0. The fourth-order valence-corrected chi connectivity index (χ4v) is 5.28. The summed E-state index contributed by atoms with van der Waals surface area (Å²) in [6, 6.07) is 7.38. The van der Waals surface area contributed by atoms with Crippen LogP contribution in [0.3, 0.4) is 0 Å². The molecule has 0 aliphatic carbocycles. The normalized spacial score (nSPS) is 19.8. The summed E-state index contributed by atoms with van der Waals surface area (Å²) in [7, 11) is 0. The molecule has 2 aromatic rings. The zero-order valence-electron chi connectivity index (χ0n) is 18.8. The molecule has 0 bridgehead atoms. The van der Waals surface area contributed by atoms with Gasteiger partial charge in [0.1, 0.15) is 24.7 Å². The number of carbonyl (C=O) groups excluding carboxylic acids is 2. The van der Waals surface area contributed by atoms with Crippen LogP contribution in [0.4, 0.5) is 9.18 Å². The Labute approximate surface area is 197 Å². The maximum Gasteiger partial charge on any atom is 0.317 e. The molecule has 1 fully saturated rings. The lowest BCUT2D eigenvalue weighted by Gasteiger charge is -2.37. The standard InChI is InChI=1S/C24H30FN3O4S/c1-2-26-24(30)27(14-19-4-3-12-31-19)15-23(29)28-11-9-22-20(10-13-33-22)21(28)16-32-18-7-5-17(25)6-8-18/h5-8,10,13,19,21H,2-4,9,11-12,14-16H2,1H3,(H,26,30)/t19-,21+/m1/s1.